The molecule has 6 heteroatoms. The van der Waals surface area contributed by atoms with E-state index in [4.69, 9.17) is 5.11 Å². The smallest absolute Gasteiger partial charge is 0.308 e. The second-order valence-corrected chi connectivity index (χ2v) is 6.00. The molecule has 1 rings (SSSR count). The van der Waals surface area contributed by atoms with Gasteiger partial charge in [0.25, 0.3) is 0 Å². The molecule has 2 atom stereocenters. The number of carboxylic acids is 1. The molecule has 0 saturated heterocycles. The van der Waals surface area contributed by atoms with Gasteiger partial charge in [-0.15, -0.1) is 0 Å². The molecule has 24 heavy (non-hydrogen) atoms. The Balaban J connectivity index is 2.68. The van der Waals surface area contributed by atoms with Gasteiger partial charge in [-0.25, -0.2) is 0 Å². The maximum Gasteiger partial charge on any atom is 0.308 e. The number of amides is 2. The fourth-order valence-electron chi connectivity index (χ4n) is 2.45. The highest BCUT2D eigenvalue weighted by molar-refractivity contribution is 5.79. The van der Waals surface area contributed by atoms with Crippen molar-refractivity contribution in [3.8, 4) is 0 Å². The lowest BCUT2D eigenvalue weighted by molar-refractivity contribution is -0.142. The van der Waals surface area contributed by atoms with Gasteiger partial charge in [-0.05, 0) is 18.9 Å². The van der Waals surface area contributed by atoms with E-state index in [1.807, 2.05) is 38.1 Å². The van der Waals surface area contributed by atoms with Gasteiger partial charge in [0.1, 0.15) is 0 Å². The van der Waals surface area contributed by atoms with E-state index in [0.29, 0.717) is 6.42 Å². The fourth-order valence-corrected chi connectivity index (χ4v) is 2.45. The summed E-state index contributed by atoms with van der Waals surface area (Å²) in [5.74, 6) is -1.99. The molecule has 0 spiro atoms. The van der Waals surface area contributed by atoms with Gasteiger partial charge in [-0.3, -0.25) is 14.4 Å². The van der Waals surface area contributed by atoms with Crippen LogP contribution in [0.4, 0.5) is 0 Å². The van der Waals surface area contributed by atoms with Gasteiger partial charge in [-0.1, -0.05) is 43.2 Å². The van der Waals surface area contributed by atoms with Crippen LogP contribution in [-0.4, -0.2) is 29.4 Å². The van der Waals surface area contributed by atoms with Gasteiger partial charge in [0.15, 0.2) is 0 Å². The molecule has 2 amide bonds. The number of aryl methyl sites for hydroxylation is 1. The summed E-state index contributed by atoms with van der Waals surface area (Å²) in [6, 6.07) is 7.16. The van der Waals surface area contributed by atoms with Crippen LogP contribution in [0.15, 0.2) is 24.3 Å². The van der Waals surface area contributed by atoms with Crippen LogP contribution in [0.3, 0.4) is 0 Å². The van der Waals surface area contributed by atoms with E-state index in [9.17, 15) is 14.4 Å². The van der Waals surface area contributed by atoms with E-state index in [-0.39, 0.29) is 24.8 Å². The van der Waals surface area contributed by atoms with Crippen molar-refractivity contribution in [1.29, 1.82) is 0 Å². The third kappa shape index (κ3) is 6.81. The Morgan fingerprint density at radius 1 is 1.17 bits per heavy atom. The summed E-state index contributed by atoms with van der Waals surface area (Å²) < 4.78 is 0. The Morgan fingerprint density at radius 2 is 1.79 bits per heavy atom. The summed E-state index contributed by atoms with van der Waals surface area (Å²) in [6.07, 6.45) is 1.33. The van der Waals surface area contributed by atoms with Gasteiger partial charge in [0, 0.05) is 13.5 Å². The molecule has 0 aliphatic heterocycles. The first-order chi connectivity index (χ1) is 11.3. The Hall–Kier alpha value is -2.37. The molecule has 0 heterocycles. The molecular weight excluding hydrogens is 308 g/mol. The molecule has 0 fully saturated rings. The zero-order chi connectivity index (χ0) is 18.1. The minimum Gasteiger partial charge on any atom is -0.481 e. The van der Waals surface area contributed by atoms with Crippen molar-refractivity contribution < 1.29 is 19.5 Å². The van der Waals surface area contributed by atoms with Gasteiger partial charge in [0.05, 0.1) is 18.4 Å². The average Bonchev–Trinajstić information content (AvgIpc) is 2.50. The Labute approximate surface area is 142 Å². The number of benzene rings is 1. The van der Waals surface area contributed by atoms with Crippen LogP contribution < -0.4 is 10.6 Å². The van der Waals surface area contributed by atoms with E-state index >= 15 is 0 Å². The van der Waals surface area contributed by atoms with E-state index in [1.165, 1.54) is 6.92 Å². The third-order valence-corrected chi connectivity index (χ3v) is 3.78. The predicted molar refractivity (Wildman–Crippen MR) is 91.4 cm³/mol. The number of carbonyl (C=O) groups excluding carboxylic acids is 2. The fraction of sp³-hybridized carbons (Fsp3) is 0.500. The number of carboxylic acid groups (broad SMARTS) is 1. The number of hydrogen-bond donors (Lipinski definition) is 3. The lowest BCUT2D eigenvalue weighted by Gasteiger charge is -2.19. The molecule has 6 nitrogen and oxygen atoms in total. The topological polar surface area (TPSA) is 95.5 Å². The van der Waals surface area contributed by atoms with Crippen molar-refractivity contribution in [2.45, 2.75) is 46.1 Å². The minimum atomic E-state index is -0.908. The van der Waals surface area contributed by atoms with Gasteiger partial charge in [-0.2, -0.15) is 0 Å². The van der Waals surface area contributed by atoms with Crippen LogP contribution >= 0.6 is 0 Å². The van der Waals surface area contributed by atoms with Gasteiger partial charge < -0.3 is 15.7 Å². The second-order valence-electron chi connectivity index (χ2n) is 6.00. The monoisotopic (exact) mass is 334 g/mol. The van der Waals surface area contributed by atoms with E-state index < -0.39 is 17.9 Å². The van der Waals surface area contributed by atoms with Crippen LogP contribution in [-0.2, 0) is 14.4 Å². The zero-order valence-corrected chi connectivity index (χ0v) is 14.5. The Morgan fingerprint density at radius 3 is 2.29 bits per heavy atom. The molecule has 0 radical (unpaired) electrons. The lowest BCUT2D eigenvalue weighted by atomic mass is 10.0. The number of hydrogen-bond acceptors (Lipinski definition) is 3. The molecule has 0 aliphatic rings. The van der Waals surface area contributed by atoms with Crippen LogP contribution in [0.5, 0.6) is 0 Å². The van der Waals surface area contributed by atoms with E-state index in [1.54, 1.807) is 0 Å². The molecule has 3 N–H and O–H groups in total. The molecule has 0 aromatic heterocycles. The summed E-state index contributed by atoms with van der Waals surface area (Å²) in [5.41, 5.74) is 1.93. The molecule has 1 aromatic carbocycles. The summed E-state index contributed by atoms with van der Waals surface area (Å²) in [6.45, 7) is 5.37. The molecule has 0 aliphatic carbocycles. The highest BCUT2D eigenvalue weighted by Crippen LogP contribution is 2.17. The third-order valence-electron chi connectivity index (χ3n) is 3.78. The molecule has 2 unspecified atom stereocenters. The van der Waals surface area contributed by atoms with Crippen LogP contribution in [0.25, 0.3) is 0 Å². The van der Waals surface area contributed by atoms with Crippen molar-refractivity contribution in [2.24, 2.45) is 5.92 Å². The van der Waals surface area contributed by atoms with Crippen molar-refractivity contribution in [1.82, 2.24) is 10.6 Å². The molecule has 1 aromatic rings. The molecule has 132 valence electrons. The second kappa shape index (κ2) is 9.70. The molecular formula is C18H26N2O4. The lowest BCUT2D eigenvalue weighted by Crippen LogP contribution is -2.36. The molecule has 0 bridgehead atoms. The summed E-state index contributed by atoms with van der Waals surface area (Å²) >= 11 is 0. The first-order valence-electron chi connectivity index (χ1n) is 8.16. The largest absolute Gasteiger partial charge is 0.481 e. The van der Waals surface area contributed by atoms with Crippen LogP contribution in [0.2, 0.25) is 0 Å². The Bertz CT molecular complexity index is 569. The minimum absolute atomic E-state index is 0.0705. The zero-order valence-electron chi connectivity index (χ0n) is 14.5. The first-order valence-corrected chi connectivity index (χ1v) is 8.16. The maximum atomic E-state index is 12.2. The van der Waals surface area contributed by atoms with Crippen molar-refractivity contribution in [3.05, 3.63) is 35.4 Å². The van der Waals surface area contributed by atoms with Crippen LogP contribution in [0, 0.1) is 12.8 Å². The van der Waals surface area contributed by atoms with Gasteiger partial charge in [0.2, 0.25) is 11.8 Å². The average molecular weight is 334 g/mol. The van der Waals surface area contributed by atoms with Crippen molar-refractivity contribution in [3.63, 3.8) is 0 Å². The van der Waals surface area contributed by atoms with E-state index in [0.717, 1.165) is 17.5 Å². The molecule has 0 saturated carbocycles. The standard InChI is InChI=1S/C18H26N2O4/c1-4-5-15(18(23)24)11-19-17(22)10-16(20-13(3)21)14-8-6-12(2)7-9-14/h6-9,15-16H,4-5,10-11H2,1-3H3,(H,19,22)(H,20,21)(H,23,24). The number of aliphatic carboxylic acids is 1. The normalized spacial score (nSPS) is 13.0. The van der Waals surface area contributed by atoms with Crippen molar-refractivity contribution >= 4 is 17.8 Å². The van der Waals surface area contributed by atoms with E-state index in [2.05, 4.69) is 10.6 Å². The maximum absolute atomic E-state index is 12.2. The van der Waals surface area contributed by atoms with Crippen molar-refractivity contribution in [2.75, 3.05) is 6.54 Å². The first kappa shape index (κ1) is 19.7. The number of nitrogens with one attached hydrogen (secondary N) is 2. The predicted octanol–water partition coefficient (Wildman–Crippen LogP) is 2.18. The highest BCUT2D eigenvalue weighted by atomic mass is 16.4. The summed E-state index contributed by atoms with van der Waals surface area (Å²) in [7, 11) is 0. The van der Waals surface area contributed by atoms with Crippen LogP contribution in [0.1, 0.15) is 50.3 Å². The highest BCUT2D eigenvalue weighted by Gasteiger charge is 2.20. The number of carbonyl (C=O) groups is 3. The quantitative estimate of drug-likeness (QED) is 0.645. The van der Waals surface area contributed by atoms with Gasteiger partial charge >= 0.3 is 5.97 Å². The summed E-state index contributed by atoms with van der Waals surface area (Å²) in [4.78, 5) is 34.7. The SMILES string of the molecule is CCCC(CNC(=O)CC(NC(C)=O)c1ccc(C)cc1)C(=O)O. The number of rotatable bonds is 9. The summed E-state index contributed by atoms with van der Waals surface area (Å²) in [5, 5.41) is 14.5. The Kier molecular flexibility index (Phi) is 7.95.